The van der Waals surface area contributed by atoms with Gasteiger partial charge in [0.15, 0.2) is 12.2 Å². The first kappa shape index (κ1) is 17.9. The molecule has 0 radical (unpaired) electrons. The number of aliphatic imine (C=N–C) groups is 1. The summed E-state index contributed by atoms with van der Waals surface area (Å²) in [5, 5.41) is 2.76. The summed E-state index contributed by atoms with van der Waals surface area (Å²) in [5.74, 6) is 0.192. The molecule has 3 aromatic rings. The van der Waals surface area contributed by atoms with Crippen molar-refractivity contribution in [1.29, 1.82) is 0 Å². The molecule has 0 bridgehead atoms. The summed E-state index contributed by atoms with van der Waals surface area (Å²) in [6.07, 6.45) is 7.53. The molecular formula is C19H18N6O2. The van der Waals surface area contributed by atoms with Crippen LogP contribution in [0, 0.1) is 0 Å². The number of nitrogens with zero attached hydrogens (tertiary/aromatic N) is 3. The van der Waals surface area contributed by atoms with Crippen molar-refractivity contribution >= 4 is 29.1 Å². The van der Waals surface area contributed by atoms with Crippen LogP contribution in [0.25, 0.3) is 16.9 Å². The highest BCUT2D eigenvalue weighted by molar-refractivity contribution is 6.10. The number of nitrogen functional groups attached to an aromatic ring is 1. The molecule has 1 aromatic carbocycles. The number of benzene rings is 1. The average Bonchev–Trinajstić information content (AvgIpc) is 3.23. The van der Waals surface area contributed by atoms with Crippen molar-refractivity contribution in [3.63, 3.8) is 0 Å². The molecule has 0 saturated carbocycles. The Morgan fingerprint density at radius 3 is 2.74 bits per heavy atom. The summed E-state index contributed by atoms with van der Waals surface area (Å²) in [6, 6.07) is 8.54. The predicted octanol–water partition coefficient (Wildman–Crippen LogP) is 2.57. The van der Waals surface area contributed by atoms with E-state index in [1.54, 1.807) is 56.0 Å². The van der Waals surface area contributed by atoms with Crippen molar-refractivity contribution < 1.29 is 9.21 Å². The fraction of sp³-hybridized carbons (Fsp3) is 0.0526. The lowest BCUT2D eigenvalue weighted by molar-refractivity contribution is 0.102. The highest BCUT2D eigenvalue weighted by atomic mass is 16.3. The van der Waals surface area contributed by atoms with E-state index < -0.39 is 0 Å². The first-order valence-corrected chi connectivity index (χ1v) is 8.02. The van der Waals surface area contributed by atoms with E-state index in [2.05, 4.69) is 20.3 Å². The van der Waals surface area contributed by atoms with Gasteiger partial charge in [0.05, 0.1) is 17.6 Å². The van der Waals surface area contributed by atoms with Crippen LogP contribution in [0.1, 0.15) is 16.1 Å². The lowest BCUT2D eigenvalue weighted by Crippen LogP contribution is -2.15. The van der Waals surface area contributed by atoms with Crippen LogP contribution in [0.15, 0.2) is 64.7 Å². The Labute approximate surface area is 155 Å². The molecule has 0 aliphatic heterocycles. The van der Waals surface area contributed by atoms with E-state index in [4.69, 9.17) is 15.9 Å². The number of hydrogen-bond donors (Lipinski definition) is 3. The zero-order valence-corrected chi connectivity index (χ0v) is 14.6. The van der Waals surface area contributed by atoms with Gasteiger partial charge >= 0.3 is 0 Å². The first-order valence-electron chi connectivity index (χ1n) is 8.02. The molecule has 8 nitrogen and oxygen atoms in total. The van der Waals surface area contributed by atoms with Crippen LogP contribution in [0.5, 0.6) is 0 Å². The molecule has 0 atom stereocenters. The van der Waals surface area contributed by atoms with E-state index in [0.29, 0.717) is 22.7 Å². The van der Waals surface area contributed by atoms with Gasteiger partial charge in [-0.15, -0.1) is 0 Å². The zero-order valence-electron chi connectivity index (χ0n) is 14.6. The van der Waals surface area contributed by atoms with Gasteiger partial charge in [0.2, 0.25) is 0 Å². The van der Waals surface area contributed by atoms with E-state index in [1.807, 2.05) is 0 Å². The Hall–Kier alpha value is -3.94. The standard InChI is InChI=1S/C19H18N6O2/c1-22-8-14(7-20)13-3-5-16(24-9-13)19(26)25-17-6-12(2-4-15(17)21)18-10-23-11-27-18/h2-11H,20-21H2,1H3,(H,25,26)/b14-7+,22-8?. The van der Waals surface area contributed by atoms with Crippen molar-refractivity contribution in [1.82, 2.24) is 9.97 Å². The third-order valence-corrected chi connectivity index (χ3v) is 3.80. The summed E-state index contributed by atoms with van der Waals surface area (Å²) in [4.78, 5) is 24.5. The second-order valence-corrected chi connectivity index (χ2v) is 5.56. The van der Waals surface area contributed by atoms with Gasteiger partial charge in [0.1, 0.15) is 5.69 Å². The number of oxazole rings is 1. The number of nitrogens with one attached hydrogen (secondary N) is 1. The number of carbonyl (C=O) groups excluding carboxylic acids is 1. The van der Waals surface area contributed by atoms with E-state index in [0.717, 1.165) is 11.1 Å². The van der Waals surface area contributed by atoms with Crippen LogP contribution in [-0.4, -0.2) is 29.1 Å². The largest absolute Gasteiger partial charge is 0.444 e. The summed E-state index contributed by atoms with van der Waals surface area (Å²) in [7, 11) is 1.65. The third-order valence-electron chi connectivity index (χ3n) is 3.80. The summed E-state index contributed by atoms with van der Waals surface area (Å²) in [6.45, 7) is 0. The maximum Gasteiger partial charge on any atom is 0.274 e. The number of rotatable bonds is 5. The molecule has 0 aliphatic carbocycles. The van der Waals surface area contributed by atoms with Crippen molar-refractivity contribution in [3.8, 4) is 11.3 Å². The van der Waals surface area contributed by atoms with Crippen molar-refractivity contribution in [3.05, 3.63) is 66.6 Å². The van der Waals surface area contributed by atoms with Gasteiger partial charge in [0, 0.05) is 42.4 Å². The number of allylic oxidation sites excluding steroid dienone is 1. The molecule has 0 aliphatic rings. The number of anilines is 2. The molecule has 0 saturated heterocycles. The Morgan fingerprint density at radius 1 is 1.26 bits per heavy atom. The molecule has 0 fully saturated rings. The number of nitrogens with two attached hydrogens (primary N) is 2. The number of amides is 1. The Balaban J connectivity index is 1.80. The van der Waals surface area contributed by atoms with Crippen LogP contribution in [0.4, 0.5) is 11.4 Å². The SMILES string of the molecule is CN=C/C(=C\N)c1ccc(C(=O)Nc2cc(-c3cnco3)ccc2N)nc1. The van der Waals surface area contributed by atoms with Crippen molar-refractivity contribution in [2.45, 2.75) is 0 Å². The van der Waals surface area contributed by atoms with Crippen LogP contribution in [0.2, 0.25) is 0 Å². The van der Waals surface area contributed by atoms with Crippen LogP contribution in [-0.2, 0) is 0 Å². The van der Waals surface area contributed by atoms with Gasteiger partial charge in [-0.3, -0.25) is 14.8 Å². The maximum absolute atomic E-state index is 12.5. The molecule has 136 valence electrons. The minimum atomic E-state index is -0.384. The second-order valence-electron chi connectivity index (χ2n) is 5.56. The van der Waals surface area contributed by atoms with Crippen LogP contribution < -0.4 is 16.8 Å². The van der Waals surface area contributed by atoms with Crippen LogP contribution in [0.3, 0.4) is 0 Å². The van der Waals surface area contributed by atoms with Crippen molar-refractivity contribution in [2.24, 2.45) is 10.7 Å². The fourth-order valence-corrected chi connectivity index (χ4v) is 2.41. The molecule has 8 heteroatoms. The topological polar surface area (TPSA) is 132 Å². The normalized spacial score (nSPS) is 11.7. The summed E-state index contributed by atoms with van der Waals surface area (Å²) < 4.78 is 5.27. The molecule has 2 heterocycles. The lowest BCUT2D eigenvalue weighted by Gasteiger charge is -2.10. The molecule has 2 aromatic heterocycles. The van der Waals surface area contributed by atoms with E-state index in [1.165, 1.54) is 12.6 Å². The zero-order chi connectivity index (χ0) is 19.2. The molecule has 3 rings (SSSR count). The third kappa shape index (κ3) is 4.01. The monoisotopic (exact) mass is 362 g/mol. The van der Waals surface area contributed by atoms with Gasteiger partial charge in [-0.25, -0.2) is 4.98 Å². The fourth-order valence-electron chi connectivity index (χ4n) is 2.41. The van der Waals surface area contributed by atoms with E-state index >= 15 is 0 Å². The molecule has 1 amide bonds. The highest BCUT2D eigenvalue weighted by Gasteiger charge is 2.12. The van der Waals surface area contributed by atoms with E-state index in [9.17, 15) is 4.79 Å². The number of hydrogen-bond acceptors (Lipinski definition) is 7. The van der Waals surface area contributed by atoms with E-state index in [-0.39, 0.29) is 11.6 Å². The number of aromatic nitrogens is 2. The highest BCUT2D eigenvalue weighted by Crippen LogP contribution is 2.27. The van der Waals surface area contributed by atoms with Crippen molar-refractivity contribution in [2.75, 3.05) is 18.1 Å². The minimum Gasteiger partial charge on any atom is -0.444 e. The van der Waals surface area contributed by atoms with Gasteiger partial charge in [-0.1, -0.05) is 6.07 Å². The summed E-state index contributed by atoms with van der Waals surface area (Å²) >= 11 is 0. The van der Waals surface area contributed by atoms with Crippen LogP contribution >= 0.6 is 0 Å². The molecule has 0 unspecified atom stereocenters. The second kappa shape index (κ2) is 7.96. The molecular weight excluding hydrogens is 344 g/mol. The van der Waals surface area contributed by atoms with Gasteiger partial charge in [0.25, 0.3) is 5.91 Å². The number of pyridine rings is 1. The quantitative estimate of drug-likeness (QED) is 0.472. The molecule has 27 heavy (non-hydrogen) atoms. The Morgan fingerprint density at radius 2 is 2.11 bits per heavy atom. The van der Waals surface area contributed by atoms with Gasteiger partial charge < -0.3 is 21.2 Å². The maximum atomic E-state index is 12.5. The predicted molar refractivity (Wildman–Crippen MR) is 105 cm³/mol. The van der Waals surface area contributed by atoms with Gasteiger partial charge in [-0.2, -0.15) is 0 Å². The van der Waals surface area contributed by atoms with Gasteiger partial charge in [-0.05, 0) is 24.3 Å². The Bertz CT molecular complexity index is 992. The molecule has 5 N–H and O–H groups in total. The average molecular weight is 362 g/mol. The minimum absolute atomic E-state index is 0.244. The lowest BCUT2D eigenvalue weighted by atomic mass is 10.1. The number of carbonyl (C=O) groups is 1. The summed E-state index contributed by atoms with van der Waals surface area (Å²) in [5.41, 5.74) is 14.9. The smallest absolute Gasteiger partial charge is 0.274 e. The Kier molecular flexibility index (Phi) is 5.27. The first-order chi connectivity index (χ1) is 13.1. The molecule has 0 spiro atoms.